The number of rotatable bonds is 4. The summed E-state index contributed by atoms with van der Waals surface area (Å²) in [6.07, 6.45) is 1.80. The quantitative estimate of drug-likeness (QED) is 0.450. The molecule has 0 radical (unpaired) electrons. The Kier molecular flexibility index (Phi) is 5.12. The van der Waals surface area contributed by atoms with Gasteiger partial charge in [0.05, 0.1) is 5.75 Å². The van der Waals surface area contributed by atoms with Crippen molar-refractivity contribution in [2.45, 2.75) is 0 Å². The fourth-order valence-corrected chi connectivity index (χ4v) is 1.08. The molecule has 3 heteroatoms. The van der Waals surface area contributed by atoms with E-state index >= 15 is 0 Å². The molecule has 10 heavy (non-hydrogen) atoms. The van der Waals surface area contributed by atoms with Crippen LogP contribution in [-0.4, -0.2) is 36.4 Å². The number of carbonyl (C=O) groups excluding carboxylic acids is 1. The molecule has 0 aliphatic rings. The number of hydrogen-bond donors (Lipinski definition) is 0. The van der Waals surface area contributed by atoms with E-state index < -0.39 is 0 Å². The second kappa shape index (κ2) is 5.35. The molecule has 0 atom stereocenters. The van der Waals surface area contributed by atoms with Gasteiger partial charge in [-0.15, -0.1) is 18.3 Å². The van der Waals surface area contributed by atoms with Crippen molar-refractivity contribution in [2.24, 2.45) is 0 Å². The fourth-order valence-electron chi connectivity index (χ4n) is 0.359. The van der Waals surface area contributed by atoms with Crippen LogP contribution < -0.4 is 0 Å². The van der Waals surface area contributed by atoms with E-state index in [2.05, 4.69) is 6.58 Å². The average molecular weight is 159 g/mol. The van der Waals surface area contributed by atoms with Crippen LogP contribution >= 0.6 is 11.8 Å². The van der Waals surface area contributed by atoms with Gasteiger partial charge in [-0.2, -0.15) is 0 Å². The zero-order valence-electron chi connectivity index (χ0n) is 6.46. The van der Waals surface area contributed by atoms with Crippen molar-refractivity contribution in [3.05, 3.63) is 12.7 Å². The van der Waals surface area contributed by atoms with Crippen molar-refractivity contribution in [3.8, 4) is 0 Å². The number of hydrogen-bond acceptors (Lipinski definition) is 2. The minimum atomic E-state index is 0.159. The number of amides is 1. The van der Waals surface area contributed by atoms with E-state index in [1.54, 1.807) is 36.8 Å². The van der Waals surface area contributed by atoms with Crippen molar-refractivity contribution in [1.82, 2.24) is 4.90 Å². The van der Waals surface area contributed by atoms with Gasteiger partial charge < -0.3 is 4.90 Å². The van der Waals surface area contributed by atoms with Gasteiger partial charge in [0.2, 0.25) is 5.91 Å². The molecule has 0 fully saturated rings. The third-order valence-corrected chi connectivity index (χ3v) is 1.88. The minimum absolute atomic E-state index is 0.159. The van der Waals surface area contributed by atoms with Crippen molar-refractivity contribution < 1.29 is 4.79 Å². The van der Waals surface area contributed by atoms with Crippen LogP contribution in [0, 0.1) is 0 Å². The summed E-state index contributed by atoms with van der Waals surface area (Å²) in [7, 11) is 3.52. The number of thioether (sulfide) groups is 1. The van der Waals surface area contributed by atoms with Gasteiger partial charge in [-0.1, -0.05) is 6.08 Å². The highest BCUT2D eigenvalue weighted by atomic mass is 32.2. The summed E-state index contributed by atoms with van der Waals surface area (Å²) < 4.78 is 0. The van der Waals surface area contributed by atoms with Crippen molar-refractivity contribution >= 4 is 17.7 Å². The highest BCUT2D eigenvalue weighted by Gasteiger charge is 2.01. The minimum Gasteiger partial charge on any atom is -0.348 e. The third kappa shape index (κ3) is 4.44. The van der Waals surface area contributed by atoms with Gasteiger partial charge in [0.15, 0.2) is 0 Å². The Morgan fingerprint density at radius 1 is 1.70 bits per heavy atom. The Morgan fingerprint density at radius 3 is 2.70 bits per heavy atom. The smallest absolute Gasteiger partial charge is 0.232 e. The molecule has 0 N–H and O–H groups in total. The van der Waals surface area contributed by atoms with Crippen LogP contribution in [0.1, 0.15) is 0 Å². The molecule has 0 heterocycles. The van der Waals surface area contributed by atoms with Gasteiger partial charge in [-0.3, -0.25) is 4.79 Å². The van der Waals surface area contributed by atoms with E-state index in [9.17, 15) is 4.79 Å². The normalized spacial score (nSPS) is 9.00. The molecule has 0 bridgehead atoms. The highest BCUT2D eigenvalue weighted by molar-refractivity contribution is 8.00. The first kappa shape index (κ1) is 9.56. The van der Waals surface area contributed by atoms with Gasteiger partial charge in [0, 0.05) is 19.8 Å². The lowest BCUT2D eigenvalue weighted by Gasteiger charge is -2.08. The van der Waals surface area contributed by atoms with Crippen LogP contribution in [0.3, 0.4) is 0 Å². The Balaban J connectivity index is 3.30. The van der Waals surface area contributed by atoms with Crippen molar-refractivity contribution in [2.75, 3.05) is 25.6 Å². The molecule has 0 aliphatic heterocycles. The van der Waals surface area contributed by atoms with E-state index in [-0.39, 0.29) is 5.91 Å². The topological polar surface area (TPSA) is 20.3 Å². The maximum atomic E-state index is 10.9. The first-order chi connectivity index (χ1) is 4.68. The Morgan fingerprint density at radius 2 is 2.30 bits per heavy atom. The lowest BCUT2D eigenvalue weighted by atomic mass is 10.6. The van der Waals surface area contributed by atoms with Crippen LogP contribution in [0.4, 0.5) is 0 Å². The van der Waals surface area contributed by atoms with Crippen LogP contribution in [0.5, 0.6) is 0 Å². The van der Waals surface area contributed by atoms with Gasteiger partial charge in [0.25, 0.3) is 0 Å². The van der Waals surface area contributed by atoms with Crippen molar-refractivity contribution in [1.29, 1.82) is 0 Å². The zero-order chi connectivity index (χ0) is 7.98. The molecule has 0 rings (SSSR count). The lowest BCUT2D eigenvalue weighted by Crippen LogP contribution is -2.23. The first-order valence-corrected chi connectivity index (χ1v) is 4.22. The molecule has 1 amide bonds. The van der Waals surface area contributed by atoms with Gasteiger partial charge in [0.1, 0.15) is 0 Å². The Labute approximate surface area is 66.3 Å². The van der Waals surface area contributed by atoms with Gasteiger partial charge >= 0.3 is 0 Å². The molecule has 58 valence electrons. The molecule has 0 aromatic heterocycles. The SMILES string of the molecule is C=CCSCC(=O)N(C)C. The zero-order valence-corrected chi connectivity index (χ0v) is 7.28. The van der Waals surface area contributed by atoms with Crippen LogP contribution in [-0.2, 0) is 4.79 Å². The monoisotopic (exact) mass is 159 g/mol. The van der Waals surface area contributed by atoms with E-state index in [1.165, 1.54) is 0 Å². The van der Waals surface area contributed by atoms with Crippen LogP contribution in [0.2, 0.25) is 0 Å². The maximum absolute atomic E-state index is 10.9. The average Bonchev–Trinajstić information content (AvgIpc) is 1.88. The summed E-state index contributed by atoms with van der Waals surface area (Å²) in [5.41, 5.74) is 0. The summed E-state index contributed by atoms with van der Waals surface area (Å²) in [4.78, 5) is 12.5. The molecular weight excluding hydrogens is 146 g/mol. The predicted molar refractivity (Wildman–Crippen MR) is 46.2 cm³/mol. The molecule has 2 nitrogen and oxygen atoms in total. The molecule has 0 aliphatic carbocycles. The van der Waals surface area contributed by atoms with Crippen LogP contribution in [0.15, 0.2) is 12.7 Å². The fraction of sp³-hybridized carbons (Fsp3) is 0.571. The Bertz CT molecular complexity index is 123. The summed E-state index contributed by atoms with van der Waals surface area (Å²) in [5.74, 6) is 1.56. The maximum Gasteiger partial charge on any atom is 0.232 e. The predicted octanol–water partition coefficient (Wildman–Crippen LogP) is 0.994. The number of nitrogens with zero attached hydrogens (tertiary/aromatic N) is 1. The standard InChI is InChI=1S/C7H13NOS/c1-4-5-10-6-7(9)8(2)3/h4H,1,5-6H2,2-3H3. The second-order valence-electron chi connectivity index (χ2n) is 2.09. The Hall–Kier alpha value is -0.440. The second-order valence-corrected chi connectivity index (χ2v) is 3.12. The van der Waals surface area contributed by atoms with Crippen molar-refractivity contribution in [3.63, 3.8) is 0 Å². The van der Waals surface area contributed by atoms with E-state index in [0.29, 0.717) is 5.75 Å². The molecule has 0 saturated carbocycles. The summed E-state index contributed by atoms with van der Waals surface area (Å²) in [5, 5.41) is 0. The van der Waals surface area contributed by atoms with Crippen LogP contribution in [0.25, 0.3) is 0 Å². The molecule has 0 spiro atoms. The molecule has 0 unspecified atom stereocenters. The molecular formula is C7H13NOS. The molecule has 0 saturated heterocycles. The van der Waals surface area contributed by atoms with Gasteiger partial charge in [-0.25, -0.2) is 0 Å². The molecule has 0 aromatic carbocycles. The van der Waals surface area contributed by atoms with E-state index in [0.717, 1.165) is 5.75 Å². The summed E-state index contributed by atoms with van der Waals surface area (Å²) in [6.45, 7) is 3.56. The highest BCUT2D eigenvalue weighted by Crippen LogP contribution is 1.99. The lowest BCUT2D eigenvalue weighted by molar-refractivity contribution is -0.125. The third-order valence-electron chi connectivity index (χ3n) is 0.960. The van der Waals surface area contributed by atoms with Gasteiger partial charge in [-0.05, 0) is 0 Å². The number of carbonyl (C=O) groups is 1. The molecule has 0 aromatic rings. The summed E-state index contributed by atoms with van der Waals surface area (Å²) in [6, 6.07) is 0. The van der Waals surface area contributed by atoms with E-state index in [4.69, 9.17) is 0 Å². The largest absolute Gasteiger partial charge is 0.348 e. The van der Waals surface area contributed by atoms with E-state index in [1.807, 2.05) is 0 Å². The first-order valence-electron chi connectivity index (χ1n) is 3.07. The summed E-state index contributed by atoms with van der Waals surface area (Å²) >= 11 is 1.58.